The van der Waals surface area contributed by atoms with Gasteiger partial charge in [0.15, 0.2) is 11.5 Å². The molecule has 4 heteroatoms. The lowest BCUT2D eigenvalue weighted by molar-refractivity contribution is 0.184. The highest BCUT2D eigenvalue weighted by Crippen LogP contribution is 2.34. The van der Waals surface area contributed by atoms with Crippen molar-refractivity contribution in [2.24, 2.45) is 0 Å². The van der Waals surface area contributed by atoms with Crippen LogP contribution in [-0.2, 0) is 17.8 Å². The molecule has 1 aliphatic rings. The van der Waals surface area contributed by atoms with E-state index in [9.17, 15) is 0 Å². The van der Waals surface area contributed by atoms with Crippen LogP contribution in [-0.4, -0.2) is 33.9 Å². The molecule has 1 saturated heterocycles. The van der Waals surface area contributed by atoms with Crippen LogP contribution < -0.4 is 14.8 Å². The van der Waals surface area contributed by atoms with E-state index in [2.05, 4.69) is 11.4 Å². The minimum Gasteiger partial charge on any atom is -0.493 e. The minimum absolute atomic E-state index is 0.528. The highest BCUT2D eigenvalue weighted by molar-refractivity contribution is 5.49. The van der Waals surface area contributed by atoms with E-state index in [1.807, 2.05) is 6.07 Å². The van der Waals surface area contributed by atoms with Gasteiger partial charge in [-0.2, -0.15) is 0 Å². The van der Waals surface area contributed by atoms with E-state index in [4.69, 9.17) is 14.2 Å². The van der Waals surface area contributed by atoms with Crippen LogP contribution >= 0.6 is 0 Å². The van der Waals surface area contributed by atoms with Crippen LogP contribution in [0.4, 0.5) is 0 Å². The van der Waals surface area contributed by atoms with Gasteiger partial charge in [-0.3, -0.25) is 0 Å². The fourth-order valence-electron chi connectivity index (χ4n) is 2.87. The maximum atomic E-state index is 5.55. The SMILES string of the molecule is COCc1cc(CC2CCCCN2)c(OC)c(OC)c1. The predicted octanol–water partition coefficient (Wildman–Crippen LogP) is 2.53. The van der Waals surface area contributed by atoms with Crippen LogP contribution in [0.3, 0.4) is 0 Å². The quantitative estimate of drug-likeness (QED) is 0.868. The number of benzene rings is 1. The normalized spacial score (nSPS) is 18.9. The monoisotopic (exact) mass is 279 g/mol. The van der Waals surface area contributed by atoms with Gasteiger partial charge in [0.25, 0.3) is 0 Å². The lowest BCUT2D eigenvalue weighted by Crippen LogP contribution is -2.35. The van der Waals surface area contributed by atoms with Gasteiger partial charge in [0, 0.05) is 13.2 Å². The summed E-state index contributed by atoms with van der Waals surface area (Å²) in [4.78, 5) is 0. The van der Waals surface area contributed by atoms with Crippen molar-refractivity contribution in [1.29, 1.82) is 0 Å². The molecule has 1 fully saturated rings. The lowest BCUT2D eigenvalue weighted by atomic mass is 9.96. The fraction of sp³-hybridized carbons (Fsp3) is 0.625. The Labute approximate surface area is 121 Å². The molecule has 1 N–H and O–H groups in total. The van der Waals surface area contributed by atoms with E-state index in [0.29, 0.717) is 12.6 Å². The molecule has 2 rings (SSSR count). The first kappa shape index (κ1) is 15.1. The molecule has 4 nitrogen and oxygen atoms in total. The second-order valence-corrected chi connectivity index (χ2v) is 5.27. The summed E-state index contributed by atoms with van der Waals surface area (Å²) in [5.74, 6) is 1.63. The Bertz CT molecular complexity index is 428. The number of hydrogen-bond donors (Lipinski definition) is 1. The van der Waals surface area contributed by atoms with Crippen molar-refractivity contribution in [3.63, 3.8) is 0 Å². The van der Waals surface area contributed by atoms with Gasteiger partial charge >= 0.3 is 0 Å². The number of methoxy groups -OCH3 is 3. The summed E-state index contributed by atoms with van der Waals surface area (Å²) >= 11 is 0. The Morgan fingerprint density at radius 2 is 2.00 bits per heavy atom. The van der Waals surface area contributed by atoms with Gasteiger partial charge < -0.3 is 19.5 Å². The topological polar surface area (TPSA) is 39.7 Å². The predicted molar refractivity (Wildman–Crippen MR) is 79.6 cm³/mol. The third-order valence-corrected chi connectivity index (χ3v) is 3.81. The number of hydrogen-bond acceptors (Lipinski definition) is 4. The molecule has 0 bridgehead atoms. The summed E-state index contributed by atoms with van der Waals surface area (Å²) in [6.07, 6.45) is 4.77. The molecule has 20 heavy (non-hydrogen) atoms. The summed E-state index contributed by atoms with van der Waals surface area (Å²) in [7, 11) is 5.09. The number of rotatable bonds is 6. The molecule has 0 aromatic heterocycles. The van der Waals surface area contributed by atoms with Crippen LogP contribution in [0.25, 0.3) is 0 Å². The molecule has 0 spiro atoms. The van der Waals surface area contributed by atoms with Gasteiger partial charge in [-0.25, -0.2) is 0 Å². The van der Waals surface area contributed by atoms with Crippen molar-refractivity contribution in [1.82, 2.24) is 5.32 Å². The number of ether oxygens (including phenoxy) is 3. The van der Waals surface area contributed by atoms with Crippen molar-refractivity contribution < 1.29 is 14.2 Å². The fourth-order valence-corrected chi connectivity index (χ4v) is 2.87. The van der Waals surface area contributed by atoms with E-state index in [0.717, 1.165) is 30.0 Å². The molecule has 1 aromatic carbocycles. The molecule has 0 aliphatic carbocycles. The lowest BCUT2D eigenvalue weighted by Gasteiger charge is -2.25. The van der Waals surface area contributed by atoms with Gasteiger partial charge in [0.1, 0.15) is 0 Å². The minimum atomic E-state index is 0.528. The third-order valence-electron chi connectivity index (χ3n) is 3.81. The molecule has 1 heterocycles. The van der Waals surface area contributed by atoms with E-state index in [1.54, 1.807) is 21.3 Å². The van der Waals surface area contributed by atoms with Crippen LogP contribution in [0.2, 0.25) is 0 Å². The van der Waals surface area contributed by atoms with Crippen molar-refractivity contribution in [3.8, 4) is 11.5 Å². The summed E-state index contributed by atoms with van der Waals surface area (Å²) in [6, 6.07) is 4.68. The van der Waals surface area contributed by atoms with Crippen LogP contribution in [0.15, 0.2) is 12.1 Å². The van der Waals surface area contributed by atoms with Crippen molar-refractivity contribution >= 4 is 0 Å². The standard InChI is InChI=1S/C16H25NO3/c1-18-11-12-8-13(10-14-6-4-5-7-17-14)16(20-3)15(9-12)19-2/h8-9,14,17H,4-7,10-11H2,1-3H3. The molecule has 112 valence electrons. The zero-order chi connectivity index (χ0) is 14.4. The molecule has 1 unspecified atom stereocenters. The van der Waals surface area contributed by atoms with Gasteiger partial charge in [0.05, 0.1) is 20.8 Å². The van der Waals surface area contributed by atoms with E-state index >= 15 is 0 Å². The molecule has 0 amide bonds. The van der Waals surface area contributed by atoms with Gasteiger partial charge in [-0.1, -0.05) is 6.42 Å². The molecule has 0 radical (unpaired) electrons. The Kier molecular flexibility index (Phi) is 5.68. The molecule has 1 aromatic rings. The maximum absolute atomic E-state index is 5.55. The van der Waals surface area contributed by atoms with Crippen LogP contribution in [0.1, 0.15) is 30.4 Å². The Morgan fingerprint density at radius 1 is 1.15 bits per heavy atom. The number of nitrogens with one attached hydrogen (secondary N) is 1. The maximum Gasteiger partial charge on any atom is 0.163 e. The van der Waals surface area contributed by atoms with Crippen molar-refractivity contribution in [3.05, 3.63) is 23.3 Å². The van der Waals surface area contributed by atoms with Gasteiger partial charge in [-0.15, -0.1) is 0 Å². The van der Waals surface area contributed by atoms with Gasteiger partial charge in [0.2, 0.25) is 0 Å². The molecular weight excluding hydrogens is 254 g/mol. The van der Waals surface area contributed by atoms with Crippen LogP contribution in [0.5, 0.6) is 11.5 Å². The summed E-state index contributed by atoms with van der Waals surface area (Å²) in [6.45, 7) is 1.70. The molecule has 0 saturated carbocycles. The summed E-state index contributed by atoms with van der Waals surface area (Å²) < 4.78 is 16.2. The van der Waals surface area contributed by atoms with Crippen LogP contribution in [0, 0.1) is 0 Å². The first-order valence-electron chi connectivity index (χ1n) is 7.24. The Balaban J connectivity index is 2.24. The smallest absolute Gasteiger partial charge is 0.163 e. The van der Waals surface area contributed by atoms with E-state index < -0.39 is 0 Å². The zero-order valence-corrected chi connectivity index (χ0v) is 12.7. The van der Waals surface area contributed by atoms with Crippen molar-refractivity contribution in [2.75, 3.05) is 27.9 Å². The first-order valence-corrected chi connectivity index (χ1v) is 7.24. The highest BCUT2D eigenvalue weighted by Gasteiger charge is 2.18. The van der Waals surface area contributed by atoms with Gasteiger partial charge in [-0.05, 0) is 49.1 Å². The summed E-state index contributed by atoms with van der Waals surface area (Å²) in [5.41, 5.74) is 2.31. The largest absolute Gasteiger partial charge is 0.493 e. The zero-order valence-electron chi connectivity index (χ0n) is 12.7. The second kappa shape index (κ2) is 7.50. The van der Waals surface area contributed by atoms with Crippen molar-refractivity contribution in [2.45, 2.75) is 38.3 Å². The summed E-state index contributed by atoms with van der Waals surface area (Å²) in [5, 5.41) is 3.58. The number of piperidine rings is 1. The highest BCUT2D eigenvalue weighted by atomic mass is 16.5. The molecule has 1 atom stereocenters. The Morgan fingerprint density at radius 3 is 2.60 bits per heavy atom. The third kappa shape index (κ3) is 3.64. The molecular formula is C16H25NO3. The molecule has 1 aliphatic heterocycles. The second-order valence-electron chi connectivity index (χ2n) is 5.27. The Hall–Kier alpha value is -1.26. The van der Waals surface area contributed by atoms with E-state index in [1.165, 1.54) is 24.8 Å². The van der Waals surface area contributed by atoms with E-state index in [-0.39, 0.29) is 0 Å². The first-order chi connectivity index (χ1) is 9.78. The average molecular weight is 279 g/mol. The average Bonchev–Trinajstić information content (AvgIpc) is 2.48.